The number of methoxy groups -OCH3 is 2. The van der Waals surface area contributed by atoms with Crippen molar-refractivity contribution >= 4 is 16.7 Å². The Hall–Kier alpha value is -3.09. The average Bonchev–Trinajstić information content (AvgIpc) is 2.66. The first-order valence-electron chi connectivity index (χ1n) is 8.76. The van der Waals surface area contributed by atoms with Crippen molar-refractivity contribution in [3.63, 3.8) is 0 Å². The maximum absolute atomic E-state index is 12.5. The number of nitrogens with zero attached hydrogens (tertiary/aromatic N) is 3. The molecule has 3 rings (SSSR count). The van der Waals surface area contributed by atoms with E-state index in [1.165, 1.54) is 7.11 Å². The minimum atomic E-state index is -0.204. The van der Waals surface area contributed by atoms with Crippen LogP contribution in [0.25, 0.3) is 10.9 Å². The summed E-state index contributed by atoms with van der Waals surface area (Å²) in [7, 11) is 7.05. The molecule has 0 amide bonds. The lowest BCUT2D eigenvalue weighted by Gasteiger charge is -2.16. The Morgan fingerprint density at radius 2 is 1.81 bits per heavy atom. The fourth-order valence-corrected chi connectivity index (χ4v) is 3.10. The molecule has 0 aliphatic heterocycles. The SMILES string of the molecule is CCc1cc(Cc2nc3cc(OC)c(OC)cc3c(=O)[nH]2)cnc1N(C)C. The van der Waals surface area contributed by atoms with Gasteiger partial charge in [0.2, 0.25) is 0 Å². The van der Waals surface area contributed by atoms with E-state index in [9.17, 15) is 4.79 Å². The fraction of sp³-hybridized carbons (Fsp3) is 0.350. The van der Waals surface area contributed by atoms with Gasteiger partial charge in [0, 0.05) is 32.8 Å². The first-order valence-corrected chi connectivity index (χ1v) is 8.76. The Kier molecular flexibility index (Phi) is 5.30. The van der Waals surface area contributed by atoms with E-state index in [-0.39, 0.29) is 5.56 Å². The van der Waals surface area contributed by atoms with Gasteiger partial charge >= 0.3 is 0 Å². The van der Waals surface area contributed by atoms with Crippen LogP contribution in [-0.4, -0.2) is 43.3 Å². The number of pyridine rings is 1. The predicted octanol–water partition coefficient (Wildman–Crippen LogP) is 2.55. The molecule has 27 heavy (non-hydrogen) atoms. The zero-order valence-electron chi connectivity index (χ0n) is 16.3. The zero-order valence-corrected chi connectivity index (χ0v) is 16.3. The highest BCUT2D eigenvalue weighted by molar-refractivity contribution is 5.81. The molecule has 0 radical (unpaired) electrons. The maximum Gasteiger partial charge on any atom is 0.258 e. The van der Waals surface area contributed by atoms with Crippen molar-refractivity contribution in [2.75, 3.05) is 33.2 Å². The van der Waals surface area contributed by atoms with Crippen molar-refractivity contribution in [1.82, 2.24) is 15.0 Å². The van der Waals surface area contributed by atoms with Gasteiger partial charge in [-0.1, -0.05) is 13.0 Å². The molecule has 1 N–H and O–H groups in total. The van der Waals surface area contributed by atoms with Gasteiger partial charge in [-0.2, -0.15) is 0 Å². The summed E-state index contributed by atoms with van der Waals surface area (Å²) in [6.45, 7) is 2.10. The molecule has 2 aromatic heterocycles. The van der Waals surface area contributed by atoms with E-state index < -0.39 is 0 Å². The molecule has 0 spiro atoms. The number of aromatic amines is 1. The van der Waals surface area contributed by atoms with Crippen LogP contribution in [0.2, 0.25) is 0 Å². The van der Waals surface area contributed by atoms with Crippen LogP contribution in [0.3, 0.4) is 0 Å². The van der Waals surface area contributed by atoms with E-state index in [1.54, 1.807) is 19.2 Å². The molecule has 7 nitrogen and oxygen atoms in total. The monoisotopic (exact) mass is 368 g/mol. The minimum absolute atomic E-state index is 0.204. The standard InChI is InChI=1S/C20H24N4O3/c1-6-13-7-12(11-21-19(13)24(2)3)8-18-22-15-10-17(27-5)16(26-4)9-14(15)20(25)23-18/h7,9-11H,6,8H2,1-5H3,(H,22,23,25). The third kappa shape index (κ3) is 3.72. The number of aryl methyl sites for hydroxylation is 1. The number of aromatic nitrogens is 3. The van der Waals surface area contributed by atoms with Gasteiger partial charge < -0.3 is 19.4 Å². The lowest BCUT2D eigenvalue weighted by molar-refractivity contribution is 0.355. The number of H-pyrrole nitrogens is 1. The summed E-state index contributed by atoms with van der Waals surface area (Å²) in [5, 5.41) is 0.465. The summed E-state index contributed by atoms with van der Waals surface area (Å²) in [6.07, 6.45) is 3.20. The molecule has 0 atom stereocenters. The van der Waals surface area contributed by atoms with E-state index in [2.05, 4.69) is 27.9 Å². The predicted molar refractivity (Wildman–Crippen MR) is 106 cm³/mol. The van der Waals surface area contributed by atoms with Crippen molar-refractivity contribution in [1.29, 1.82) is 0 Å². The number of hydrogen-bond acceptors (Lipinski definition) is 6. The highest BCUT2D eigenvalue weighted by Gasteiger charge is 2.12. The first-order chi connectivity index (χ1) is 13.0. The molecule has 7 heteroatoms. The molecule has 0 saturated heterocycles. The third-order valence-electron chi connectivity index (χ3n) is 4.44. The van der Waals surface area contributed by atoms with Crippen molar-refractivity contribution in [3.8, 4) is 11.5 Å². The van der Waals surface area contributed by atoms with Crippen LogP contribution < -0.4 is 19.9 Å². The Labute approximate surface area is 158 Å². The maximum atomic E-state index is 12.5. The summed E-state index contributed by atoms with van der Waals surface area (Å²) < 4.78 is 10.6. The summed E-state index contributed by atoms with van der Waals surface area (Å²) in [4.78, 5) is 26.5. The molecule has 0 unspecified atom stereocenters. The number of nitrogens with one attached hydrogen (secondary N) is 1. The fourth-order valence-electron chi connectivity index (χ4n) is 3.10. The summed E-state index contributed by atoms with van der Waals surface area (Å²) >= 11 is 0. The molecule has 1 aromatic carbocycles. The Bertz CT molecular complexity index is 1030. The summed E-state index contributed by atoms with van der Waals surface area (Å²) in [5.74, 6) is 2.58. The Balaban J connectivity index is 2.01. The van der Waals surface area contributed by atoms with Gasteiger partial charge in [-0.15, -0.1) is 0 Å². The molecule has 2 heterocycles. The van der Waals surface area contributed by atoms with Crippen molar-refractivity contribution in [2.45, 2.75) is 19.8 Å². The van der Waals surface area contributed by atoms with Gasteiger partial charge in [0.1, 0.15) is 11.6 Å². The quantitative estimate of drug-likeness (QED) is 0.720. The largest absolute Gasteiger partial charge is 0.493 e. The van der Waals surface area contributed by atoms with E-state index >= 15 is 0 Å². The lowest BCUT2D eigenvalue weighted by Crippen LogP contribution is -2.15. The lowest BCUT2D eigenvalue weighted by atomic mass is 10.1. The van der Waals surface area contributed by atoms with Crippen LogP contribution in [0.4, 0.5) is 5.82 Å². The molecule has 0 bridgehead atoms. The van der Waals surface area contributed by atoms with Gasteiger partial charge in [-0.05, 0) is 23.6 Å². The Morgan fingerprint density at radius 1 is 1.11 bits per heavy atom. The van der Waals surface area contributed by atoms with Gasteiger partial charge in [0.15, 0.2) is 11.5 Å². The van der Waals surface area contributed by atoms with Crippen LogP contribution in [-0.2, 0) is 12.8 Å². The summed E-state index contributed by atoms with van der Waals surface area (Å²) in [5.41, 5.74) is 2.52. The molecule has 142 valence electrons. The number of ether oxygens (including phenoxy) is 2. The van der Waals surface area contributed by atoms with Crippen molar-refractivity contribution in [2.24, 2.45) is 0 Å². The van der Waals surface area contributed by atoms with Gasteiger partial charge in [-0.3, -0.25) is 4.79 Å². The second-order valence-corrected chi connectivity index (χ2v) is 6.49. The topological polar surface area (TPSA) is 80.3 Å². The Morgan fingerprint density at radius 3 is 2.44 bits per heavy atom. The second kappa shape index (κ2) is 7.65. The highest BCUT2D eigenvalue weighted by Crippen LogP contribution is 2.30. The highest BCUT2D eigenvalue weighted by atomic mass is 16.5. The molecule has 0 aliphatic rings. The van der Waals surface area contributed by atoms with Crippen LogP contribution in [0.15, 0.2) is 29.2 Å². The molecular formula is C20H24N4O3. The van der Waals surface area contributed by atoms with Crippen LogP contribution in [0.5, 0.6) is 11.5 Å². The number of benzene rings is 1. The average molecular weight is 368 g/mol. The van der Waals surface area contributed by atoms with Crippen molar-refractivity contribution in [3.05, 3.63) is 51.7 Å². The van der Waals surface area contributed by atoms with Crippen molar-refractivity contribution < 1.29 is 9.47 Å². The third-order valence-corrected chi connectivity index (χ3v) is 4.44. The molecular weight excluding hydrogens is 344 g/mol. The zero-order chi connectivity index (χ0) is 19.6. The van der Waals surface area contributed by atoms with Gasteiger partial charge in [0.05, 0.1) is 25.1 Å². The van der Waals surface area contributed by atoms with Gasteiger partial charge in [0.25, 0.3) is 5.56 Å². The first kappa shape index (κ1) is 18.7. The smallest absolute Gasteiger partial charge is 0.258 e. The molecule has 0 fully saturated rings. The number of fused-ring (bicyclic) bond motifs is 1. The molecule has 0 saturated carbocycles. The molecule has 3 aromatic rings. The number of anilines is 1. The normalized spacial score (nSPS) is 10.9. The van der Waals surface area contributed by atoms with E-state index in [0.717, 1.165) is 23.4 Å². The van der Waals surface area contributed by atoms with Crippen LogP contribution >= 0.6 is 0 Å². The van der Waals surface area contributed by atoms with E-state index in [1.807, 2.05) is 25.2 Å². The van der Waals surface area contributed by atoms with Crippen LogP contribution in [0, 0.1) is 0 Å². The van der Waals surface area contributed by atoms with E-state index in [0.29, 0.717) is 34.6 Å². The number of hydrogen-bond donors (Lipinski definition) is 1. The van der Waals surface area contributed by atoms with Gasteiger partial charge in [-0.25, -0.2) is 9.97 Å². The summed E-state index contributed by atoms with van der Waals surface area (Å²) in [6, 6.07) is 5.48. The van der Waals surface area contributed by atoms with Crippen LogP contribution in [0.1, 0.15) is 23.9 Å². The molecule has 0 aliphatic carbocycles. The van der Waals surface area contributed by atoms with E-state index in [4.69, 9.17) is 9.47 Å². The second-order valence-electron chi connectivity index (χ2n) is 6.49. The minimum Gasteiger partial charge on any atom is -0.493 e. The number of rotatable bonds is 6.